The summed E-state index contributed by atoms with van der Waals surface area (Å²) in [7, 11) is -2.69. The predicted molar refractivity (Wildman–Crippen MR) is 271 cm³/mol. The molecule has 1 spiro atoms. The van der Waals surface area contributed by atoms with E-state index in [9.17, 15) is 0 Å². The molecule has 0 saturated carbocycles. The lowest BCUT2D eigenvalue weighted by atomic mass is 10.1. The van der Waals surface area contributed by atoms with Gasteiger partial charge in [-0.1, -0.05) is 152 Å². The Morgan fingerprint density at radius 3 is 0.938 bits per heavy atom. The van der Waals surface area contributed by atoms with Crippen molar-refractivity contribution >= 4 is 94.2 Å². The summed E-state index contributed by atoms with van der Waals surface area (Å²) in [5, 5.41) is 13.5. The Balaban J connectivity index is 0.942. The summed E-state index contributed by atoms with van der Waals surface area (Å²) in [4.78, 5) is 0. The zero-order chi connectivity index (χ0) is 41.7. The lowest BCUT2D eigenvalue weighted by Crippen LogP contribution is -2.70. The van der Waals surface area contributed by atoms with Gasteiger partial charge >= 0.3 is 0 Å². The largest absolute Gasteiger partial charge is 0.309 e. The molecule has 0 saturated heterocycles. The fourth-order valence-electron chi connectivity index (χ4n) is 12.2. The van der Waals surface area contributed by atoms with Gasteiger partial charge in [0.2, 0.25) is 0 Å². The van der Waals surface area contributed by atoms with Crippen LogP contribution in [0.5, 0.6) is 0 Å². The standard InChI is InChI=1S/C60H37N3Si/c1-8-22-51-41(15-1)42-16-2-9-23-52(42)61(51)38-29-32-56-48(35-38)45-19-5-12-26-55(45)63(56)40-31-34-60-50(37-40)47-21-7-14-28-58(47)64(60)57-27-13-6-20-46(57)49-36-39(30-33-59(49)64)62-53-24-10-3-17-43(53)44-18-4-11-25-54(44)62/h1-37H. The number of hydrogen-bond acceptors (Lipinski definition) is 0. The molecule has 15 rings (SSSR count). The SMILES string of the molecule is c1ccc2c(c1)-c1cc(-n3c4ccccc4c4ccccc43)ccc1[Si]21c2ccccc2-c2cc(-n3c4ccccc4c4cc(-n5c6ccccc6c6ccccc65)ccc43)ccc21. The molecule has 0 radical (unpaired) electrons. The zero-order valence-corrected chi connectivity index (χ0v) is 35.7. The molecule has 64 heavy (non-hydrogen) atoms. The fraction of sp³-hybridized carbons (Fsp3) is 0. The number of fused-ring (bicyclic) bond motifs is 19. The average Bonchev–Trinajstić information content (AvgIpc) is 4.13. The normalized spacial score (nSPS) is 14.9. The van der Waals surface area contributed by atoms with Crippen molar-refractivity contribution in [2.45, 2.75) is 0 Å². The van der Waals surface area contributed by atoms with E-state index in [4.69, 9.17) is 0 Å². The van der Waals surface area contributed by atoms with E-state index in [-0.39, 0.29) is 0 Å². The van der Waals surface area contributed by atoms with Crippen LogP contribution in [0, 0.1) is 0 Å². The molecule has 2 aliphatic heterocycles. The van der Waals surface area contributed by atoms with E-state index in [1.54, 1.807) is 0 Å². The maximum Gasteiger partial charge on any atom is 0.182 e. The Hall–Kier alpha value is -8.18. The number of aromatic nitrogens is 3. The van der Waals surface area contributed by atoms with Gasteiger partial charge in [0.15, 0.2) is 8.07 Å². The van der Waals surface area contributed by atoms with Gasteiger partial charge in [-0.25, -0.2) is 0 Å². The summed E-state index contributed by atoms with van der Waals surface area (Å²) >= 11 is 0. The number of rotatable bonds is 3. The van der Waals surface area contributed by atoms with E-state index in [0.29, 0.717) is 0 Å². The summed E-state index contributed by atoms with van der Waals surface area (Å²) in [5.74, 6) is 0. The number of hydrogen-bond donors (Lipinski definition) is 0. The van der Waals surface area contributed by atoms with Gasteiger partial charge in [0.25, 0.3) is 0 Å². The first kappa shape index (κ1) is 34.4. The van der Waals surface area contributed by atoms with E-state index in [1.807, 2.05) is 0 Å². The molecule has 2 aliphatic rings. The Morgan fingerprint density at radius 1 is 0.219 bits per heavy atom. The number of benzene rings is 10. The molecule has 4 heteroatoms. The molecule has 0 N–H and O–H groups in total. The minimum absolute atomic E-state index is 1.17. The molecule has 5 heterocycles. The molecule has 3 nitrogen and oxygen atoms in total. The van der Waals surface area contributed by atoms with Gasteiger partial charge in [-0.15, -0.1) is 0 Å². The van der Waals surface area contributed by atoms with Gasteiger partial charge in [-0.2, -0.15) is 0 Å². The van der Waals surface area contributed by atoms with Crippen molar-refractivity contribution in [1.82, 2.24) is 13.7 Å². The van der Waals surface area contributed by atoms with Crippen LogP contribution < -0.4 is 20.7 Å². The lowest BCUT2D eigenvalue weighted by Gasteiger charge is -2.28. The fourth-order valence-corrected chi connectivity index (χ4v) is 17.7. The lowest BCUT2D eigenvalue weighted by molar-refractivity contribution is 1.17. The molecule has 0 bridgehead atoms. The van der Waals surface area contributed by atoms with E-state index in [2.05, 4.69) is 238 Å². The van der Waals surface area contributed by atoms with Crippen molar-refractivity contribution in [1.29, 1.82) is 0 Å². The predicted octanol–water partition coefficient (Wildman–Crippen LogP) is 12.3. The van der Waals surface area contributed by atoms with Gasteiger partial charge in [0.1, 0.15) is 0 Å². The summed E-state index contributed by atoms with van der Waals surface area (Å²) in [6.07, 6.45) is 0. The maximum absolute atomic E-state index is 2.69. The monoisotopic (exact) mass is 827 g/mol. The molecule has 0 fully saturated rings. The Labute approximate surface area is 369 Å². The first-order valence-electron chi connectivity index (χ1n) is 22.3. The van der Waals surface area contributed by atoms with Crippen LogP contribution in [0.3, 0.4) is 0 Å². The highest BCUT2D eigenvalue weighted by Crippen LogP contribution is 2.41. The van der Waals surface area contributed by atoms with Crippen LogP contribution in [0.4, 0.5) is 0 Å². The van der Waals surface area contributed by atoms with Gasteiger partial charge < -0.3 is 13.7 Å². The highest BCUT2D eigenvalue weighted by Gasteiger charge is 2.54. The Morgan fingerprint density at radius 2 is 0.516 bits per heavy atom. The average molecular weight is 828 g/mol. The van der Waals surface area contributed by atoms with Crippen LogP contribution in [-0.4, -0.2) is 21.8 Å². The smallest absolute Gasteiger partial charge is 0.182 e. The van der Waals surface area contributed by atoms with Crippen LogP contribution in [0.2, 0.25) is 0 Å². The second-order valence-corrected chi connectivity index (χ2v) is 21.2. The maximum atomic E-state index is 2.50. The van der Waals surface area contributed by atoms with Crippen LogP contribution >= 0.6 is 0 Å². The Kier molecular flexibility index (Phi) is 6.71. The van der Waals surface area contributed by atoms with Crippen molar-refractivity contribution in [3.05, 3.63) is 224 Å². The first-order chi connectivity index (χ1) is 31.8. The van der Waals surface area contributed by atoms with Crippen molar-refractivity contribution in [2.75, 3.05) is 0 Å². The van der Waals surface area contributed by atoms with Gasteiger partial charge in [-0.05, 0) is 116 Å². The van der Waals surface area contributed by atoms with Crippen LogP contribution in [0.15, 0.2) is 224 Å². The van der Waals surface area contributed by atoms with E-state index in [0.717, 1.165) is 0 Å². The molecule has 3 aromatic heterocycles. The molecule has 0 aliphatic carbocycles. The number of para-hydroxylation sites is 5. The quantitative estimate of drug-likeness (QED) is 0.158. The zero-order valence-electron chi connectivity index (χ0n) is 34.7. The van der Waals surface area contributed by atoms with Gasteiger partial charge in [0, 0.05) is 49.4 Å². The molecule has 1 atom stereocenters. The van der Waals surface area contributed by atoms with E-state index < -0.39 is 8.07 Å². The second-order valence-electron chi connectivity index (χ2n) is 17.6. The third-order valence-corrected chi connectivity index (χ3v) is 19.6. The summed E-state index contributed by atoms with van der Waals surface area (Å²) in [5.41, 5.74) is 16.3. The van der Waals surface area contributed by atoms with E-state index in [1.165, 1.54) is 125 Å². The molecule has 296 valence electrons. The van der Waals surface area contributed by atoms with Crippen molar-refractivity contribution in [2.24, 2.45) is 0 Å². The molecule has 13 aromatic rings. The minimum Gasteiger partial charge on any atom is -0.309 e. The van der Waals surface area contributed by atoms with E-state index >= 15 is 0 Å². The molecule has 1 unspecified atom stereocenters. The van der Waals surface area contributed by atoms with Gasteiger partial charge in [0.05, 0.1) is 33.1 Å². The van der Waals surface area contributed by atoms with Crippen molar-refractivity contribution in [3.63, 3.8) is 0 Å². The molecule has 0 amide bonds. The van der Waals surface area contributed by atoms with Crippen LogP contribution in [0.1, 0.15) is 0 Å². The summed E-state index contributed by atoms with van der Waals surface area (Å²) < 4.78 is 7.38. The minimum atomic E-state index is -2.69. The Bertz CT molecular complexity index is 4060. The third-order valence-electron chi connectivity index (χ3n) is 14.6. The third kappa shape index (κ3) is 4.26. The topological polar surface area (TPSA) is 14.8 Å². The highest BCUT2D eigenvalue weighted by atomic mass is 28.3. The first-order valence-corrected chi connectivity index (χ1v) is 24.3. The summed E-state index contributed by atoms with van der Waals surface area (Å²) in [6, 6.07) is 84.5. The van der Waals surface area contributed by atoms with Gasteiger partial charge in [-0.3, -0.25) is 0 Å². The highest BCUT2D eigenvalue weighted by molar-refractivity contribution is 7.24. The van der Waals surface area contributed by atoms with Crippen molar-refractivity contribution < 1.29 is 0 Å². The van der Waals surface area contributed by atoms with Crippen molar-refractivity contribution in [3.8, 4) is 39.3 Å². The second kappa shape index (κ2) is 12.5. The molecular formula is C60H37N3Si. The van der Waals surface area contributed by atoms with Crippen LogP contribution in [-0.2, 0) is 0 Å². The van der Waals surface area contributed by atoms with Crippen LogP contribution in [0.25, 0.3) is 105 Å². The molecule has 10 aromatic carbocycles. The summed E-state index contributed by atoms with van der Waals surface area (Å²) in [6.45, 7) is 0. The number of nitrogens with zero attached hydrogens (tertiary/aromatic N) is 3. The molecular weight excluding hydrogens is 791 g/mol.